The molecule has 4 aromatic rings. The number of hydrogen-bond acceptors (Lipinski definition) is 8. The molecule has 0 radical (unpaired) electrons. The molecule has 1 saturated heterocycles. The number of thiophene rings is 1. The molecule has 10 heteroatoms. The van der Waals surface area contributed by atoms with E-state index < -0.39 is 0 Å². The molecule has 1 aromatic carbocycles. The number of hydrogen-bond donors (Lipinski definition) is 1. The van der Waals surface area contributed by atoms with E-state index in [1.165, 1.54) is 0 Å². The summed E-state index contributed by atoms with van der Waals surface area (Å²) in [4.78, 5) is 12.2. The molecule has 5 rings (SSSR count). The maximum atomic E-state index is 6.19. The van der Waals surface area contributed by atoms with Gasteiger partial charge in [0, 0.05) is 23.5 Å². The molecule has 8 nitrogen and oxygen atoms in total. The molecule has 136 valence electrons. The van der Waals surface area contributed by atoms with E-state index in [1.807, 2.05) is 12.1 Å². The van der Waals surface area contributed by atoms with Crippen LogP contribution in [0.4, 0.5) is 5.82 Å². The van der Waals surface area contributed by atoms with Gasteiger partial charge in [-0.1, -0.05) is 18.2 Å². The zero-order valence-electron chi connectivity index (χ0n) is 14.1. The van der Waals surface area contributed by atoms with Gasteiger partial charge in [-0.15, -0.1) is 16.4 Å². The number of anilines is 1. The summed E-state index contributed by atoms with van der Waals surface area (Å²) in [6.07, 6.45) is 0. The highest BCUT2D eigenvalue weighted by molar-refractivity contribution is 7.22. The molecular weight excluding hydrogens is 386 g/mol. The van der Waals surface area contributed by atoms with Gasteiger partial charge < -0.3 is 9.64 Å². The number of H-pyrrole nitrogens is 1. The Labute approximate surface area is 163 Å². The summed E-state index contributed by atoms with van der Waals surface area (Å²) in [5.74, 6) is 1.51. The number of aromatic amines is 1. The molecule has 27 heavy (non-hydrogen) atoms. The van der Waals surface area contributed by atoms with Gasteiger partial charge in [0.05, 0.1) is 23.4 Å². The van der Waals surface area contributed by atoms with Crippen LogP contribution in [0.15, 0.2) is 30.3 Å². The van der Waals surface area contributed by atoms with E-state index in [1.54, 1.807) is 11.3 Å². The second kappa shape index (κ2) is 6.84. The zero-order valence-corrected chi connectivity index (χ0v) is 15.7. The third-order valence-electron chi connectivity index (χ3n) is 4.40. The molecule has 0 spiro atoms. The zero-order chi connectivity index (χ0) is 18.2. The largest absolute Gasteiger partial charge is 0.378 e. The van der Waals surface area contributed by atoms with Crippen molar-refractivity contribution in [2.45, 2.75) is 0 Å². The van der Waals surface area contributed by atoms with Crippen LogP contribution in [-0.4, -0.2) is 56.9 Å². The summed E-state index contributed by atoms with van der Waals surface area (Å²) in [5, 5.41) is 14.3. The first kappa shape index (κ1) is 16.5. The van der Waals surface area contributed by atoms with Crippen LogP contribution in [0.25, 0.3) is 32.0 Å². The Hall–Kier alpha value is -2.62. The fourth-order valence-electron chi connectivity index (χ4n) is 3.12. The molecule has 0 unspecified atom stereocenters. The minimum Gasteiger partial charge on any atom is -0.378 e. The highest BCUT2D eigenvalue weighted by Gasteiger charge is 2.19. The van der Waals surface area contributed by atoms with Crippen LogP contribution in [0, 0.1) is 0 Å². The number of fused-ring (bicyclic) bond motifs is 1. The van der Waals surface area contributed by atoms with Crippen LogP contribution in [-0.2, 0) is 4.74 Å². The molecule has 1 aliphatic rings. The minimum absolute atomic E-state index is 0.259. The van der Waals surface area contributed by atoms with Crippen molar-refractivity contribution in [1.29, 1.82) is 0 Å². The smallest absolute Gasteiger partial charge is 0.224 e. The third kappa shape index (κ3) is 3.14. The maximum absolute atomic E-state index is 6.19. The van der Waals surface area contributed by atoms with Gasteiger partial charge in [0.15, 0.2) is 11.6 Å². The van der Waals surface area contributed by atoms with Crippen molar-refractivity contribution in [3.63, 3.8) is 0 Å². The van der Waals surface area contributed by atoms with E-state index in [9.17, 15) is 0 Å². The van der Waals surface area contributed by atoms with Crippen molar-refractivity contribution >= 4 is 39.0 Å². The van der Waals surface area contributed by atoms with Gasteiger partial charge in [0.1, 0.15) is 0 Å². The fourth-order valence-corrected chi connectivity index (χ4v) is 4.40. The predicted molar refractivity (Wildman–Crippen MR) is 104 cm³/mol. The van der Waals surface area contributed by atoms with E-state index >= 15 is 0 Å². The van der Waals surface area contributed by atoms with Crippen LogP contribution in [0.3, 0.4) is 0 Å². The highest BCUT2D eigenvalue weighted by Crippen LogP contribution is 2.38. The number of nitrogens with zero attached hydrogens (tertiary/aromatic N) is 6. The number of rotatable bonds is 3. The van der Waals surface area contributed by atoms with E-state index in [0.717, 1.165) is 45.1 Å². The number of halogens is 1. The maximum Gasteiger partial charge on any atom is 0.224 e. The lowest BCUT2D eigenvalue weighted by Crippen LogP contribution is -2.36. The second-order valence-corrected chi connectivity index (χ2v) is 7.46. The molecule has 0 atom stereocenters. The first-order valence-electron chi connectivity index (χ1n) is 8.42. The first-order valence-corrected chi connectivity index (χ1v) is 9.62. The summed E-state index contributed by atoms with van der Waals surface area (Å²) < 4.78 is 6.48. The highest BCUT2D eigenvalue weighted by atomic mass is 35.5. The van der Waals surface area contributed by atoms with Crippen molar-refractivity contribution in [1.82, 2.24) is 30.6 Å². The van der Waals surface area contributed by atoms with Crippen molar-refractivity contribution in [3.05, 3.63) is 35.6 Å². The summed E-state index contributed by atoms with van der Waals surface area (Å²) in [5.41, 5.74) is 2.84. The monoisotopic (exact) mass is 399 g/mol. The molecule has 1 fully saturated rings. The summed E-state index contributed by atoms with van der Waals surface area (Å²) in [7, 11) is 0. The number of benzene rings is 1. The number of morpholine rings is 1. The fraction of sp³-hybridized carbons (Fsp3) is 0.235. The molecular formula is C17H14ClN7OS. The van der Waals surface area contributed by atoms with Crippen LogP contribution in [0.1, 0.15) is 0 Å². The second-order valence-electron chi connectivity index (χ2n) is 6.07. The number of aromatic nitrogens is 6. The summed E-state index contributed by atoms with van der Waals surface area (Å²) in [6, 6.07) is 10.1. The molecule has 4 heterocycles. The summed E-state index contributed by atoms with van der Waals surface area (Å²) in [6.45, 7) is 2.97. The summed E-state index contributed by atoms with van der Waals surface area (Å²) >= 11 is 7.85. The third-order valence-corrected chi connectivity index (χ3v) is 5.74. The SMILES string of the molecule is Clc1nc(N2CCOCC2)c2sc(-c3cccc(-c4nnn[nH]4)c3)cc2n1. The molecule has 0 bridgehead atoms. The molecule has 0 aliphatic carbocycles. The standard InChI is InChI=1S/C17H14ClN7OS/c18-17-19-12-9-13(10-2-1-3-11(8-10)15-21-23-24-22-15)27-14(12)16(20-17)25-4-6-26-7-5-25/h1-3,8-9H,4-7H2,(H,21,22,23,24). The molecule has 1 aliphatic heterocycles. The number of nitrogens with one attached hydrogen (secondary N) is 1. The van der Waals surface area contributed by atoms with E-state index in [4.69, 9.17) is 16.3 Å². The lowest BCUT2D eigenvalue weighted by Gasteiger charge is -2.28. The Balaban J connectivity index is 1.60. The number of ether oxygens (including phenoxy) is 1. The van der Waals surface area contributed by atoms with Gasteiger partial charge in [-0.3, -0.25) is 0 Å². The van der Waals surface area contributed by atoms with Crippen LogP contribution in [0.5, 0.6) is 0 Å². The Bertz CT molecular complexity index is 1090. The molecule has 0 amide bonds. The lowest BCUT2D eigenvalue weighted by atomic mass is 10.1. The topological polar surface area (TPSA) is 92.7 Å². The average Bonchev–Trinajstić information content (AvgIpc) is 3.38. The van der Waals surface area contributed by atoms with Gasteiger partial charge in [0.25, 0.3) is 0 Å². The van der Waals surface area contributed by atoms with Gasteiger partial charge in [0.2, 0.25) is 5.28 Å². The predicted octanol–water partition coefficient (Wildman–Crippen LogP) is 3.03. The van der Waals surface area contributed by atoms with Crippen molar-refractivity contribution in [3.8, 4) is 21.8 Å². The quantitative estimate of drug-likeness (QED) is 0.529. The Kier molecular flexibility index (Phi) is 4.19. The van der Waals surface area contributed by atoms with E-state index in [-0.39, 0.29) is 5.28 Å². The molecule has 1 N–H and O–H groups in total. The Morgan fingerprint density at radius 1 is 1.11 bits per heavy atom. The Morgan fingerprint density at radius 2 is 1.96 bits per heavy atom. The van der Waals surface area contributed by atoms with Crippen LogP contribution in [0.2, 0.25) is 5.28 Å². The van der Waals surface area contributed by atoms with Crippen molar-refractivity contribution in [2.24, 2.45) is 0 Å². The first-order chi connectivity index (χ1) is 13.3. The molecule has 0 saturated carbocycles. The van der Waals surface area contributed by atoms with Crippen molar-refractivity contribution < 1.29 is 4.74 Å². The lowest BCUT2D eigenvalue weighted by molar-refractivity contribution is 0.122. The average molecular weight is 400 g/mol. The normalized spacial score (nSPS) is 14.8. The minimum atomic E-state index is 0.259. The molecule has 3 aromatic heterocycles. The van der Waals surface area contributed by atoms with Crippen molar-refractivity contribution in [2.75, 3.05) is 31.2 Å². The van der Waals surface area contributed by atoms with E-state index in [2.05, 4.69) is 53.7 Å². The van der Waals surface area contributed by atoms with Crippen LogP contribution >= 0.6 is 22.9 Å². The number of tetrazole rings is 1. The Morgan fingerprint density at radius 3 is 2.78 bits per heavy atom. The van der Waals surface area contributed by atoms with Gasteiger partial charge >= 0.3 is 0 Å². The van der Waals surface area contributed by atoms with Gasteiger partial charge in [-0.05, 0) is 39.7 Å². The van der Waals surface area contributed by atoms with Gasteiger partial charge in [-0.25, -0.2) is 10.1 Å². The van der Waals surface area contributed by atoms with Crippen LogP contribution < -0.4 is 4.90 Å². The van der Waals surface area contributed by atoms with Gasteiger partial charge in [-0.2, -0.15) is 4.98 Å². The van der Waals surface area contributed by atoms with E-state index in [0.29, 0.717) is 19.0 Å².